The molecule has 290 valence electrons. The van der Waals surface area contributed by atoms with Crippen LogP contribution in [0.15, 0.2) is 66.1 Å². The van der Waals surface area contributed by atoms with Crippen molar-refractivity contribution in [2.45, 2.75) is 88.8 Å². The molecule has 5 atom stereocenters. The van der Waals surface area contributed by atoms with E-state index in [0.717, 1.165) is 22.3 Å². The molecule has 0 radical (unpaired) electrons. The molecule has 1 saturated heterocycles. The van der Waals surface area contributed by atoms with Gasteiger partial charge in [-0.05, 0) is 42.7 Å². The summed E-state index contributed by atoms with van der Waals surface area (Å²) in [5.74, 6) is -5.26. The van der Waals surface area contributed by atoms with E-state index in [1.165, 1.54) is 17.3 Å². The monoisotopic (exact) mass is 777 g/mol. The van der Waals surface area contributed by atoms with Gasteiger partial charge in [0.2, 0.25) is 28.3 Å². The molecule has 0 unspecified atom stereocenters. The lowest BCUT2D eigenvalue weighted by Crippen LogP contribution is -2.60. The van der Waals surface area contributed by atoms with E-state index in [2.05, 4.69) is 25.8 Å². The minimum atomic E-state index is -4.13. The number of alkyl halides is 2. The van der Waals surface area contributed by atoms with Crippen molar-refractivity contribution in [1.29, 1.82) is 0 Å². The van der Waals surface area contributed by atoms with Gasteiger partial charge in [0, 0.05) is 23.7 Å². The van der Waals surface area contributed by atoms with Crippen LogP contribution in [0.3, 0.4) is 0 Å². The second-order valence-corrected chi connectivity index (χ2v) is 17.6. The molecule has 4 amide bonds. The van der Waals surface area contributed by atoms with Crippen LogP contribution in [0.5, 0.6) is 0 Å². The average molecular weight is 778 g/mol. The fourth-order valence-electron chi connectivity index (χ4n) is 7.15. The Kier molecular flexibility index (Phi) is 9.72. The molecule has 2 aromatic carbocycles. The smallest absolute Gasteiger partial charge is 0.272 e. The third kappa shape index (κ3) is 7.41. The summed E-state index contributed by atoms with van der Waals surface area (Å²) < 4.78 is 55.4. The Bertz CT molecular complexity index is 2140. The van der Waals surface area contributed by atoms with Crippen LogP contribution in [0.1, 0.15) is 73.8 Å². The number of aromatic nitrogens is 2. The first-order valence-corrected chi connectivity index (χ1v) is 19.5. The fraction of sp³-hybridized carbons (Fsp3) is 0.447. The summed E-state index contributed by atoms with van der Waals surface area (Å²) in [6.45, 7) is 6.65. The first-order valence-electron chi connectivity index (χ1n) is 18.0. The molecular formula is C38H41F2N7O7S. The van der Waals surface area contributed by atoms with E-state index in [-0.39, 0.29) is 18.7 Å². The highest BCUT2D eigenvalue weighted by Crippen LogP contribution is 2.48. The van der Waals surface area contributed by atoms with Crippen molar-refractivity contribution in [2.75, 3.05) is 6.54 Å². The Hall–Kier alpha value is -5.32. The maximum Gasteiger partial charge on any atom is 0.272 e. The topological polar surface area (TPSA) is 189 Å². The summed E-state index contributed by atoms with van der Waals surface area (Å²) in [7, 11) is -4.13. The molecule has 2 heterocycles. The Balaban J connectivity index is 1.19. The summed E-state index contributed by atoms with van der Waals surface area (Å²) in [4.78, 5) is 70.9. The van der Waals surface area contributed by atoms with Gasteiger partial charge in [-0.2, -0.15) is 0 Å². The first-order chi connectivity index (χ1) is 26.0. The minimum absolute atomic E-state index is 0.0431. The van der Waals surface area contributed by atoms with Crippen molar-refractivity contribution < 1.29 is 41.2 Å². The zero-order valence-corrected chi connectivity index (χ0v) is 31.4. The quantitative estimate of drug-likeness (QED) is 0.192. The van der Waals surface area contributed by atoms with Gasteiger partial charge in [0.1, 0.15) is 35.1 Å². The van der Waals surface area contributed by atoms with Crippen LogP contribution in [0.25, 0.3) is 11.1 Å². The molecule has 3 aromatic rings. The number of likely N-dealkylation sites (tertiary alicyclic amines) is 1. The molecule has 3 fully saturated rings. The van der Waals surface area contributed by atoms with Gasteiger partial charge in [0.15, 0.2) is 0 Å². The number of carbonyl (C=O) groups is 4. The van der Waals surface area contributed by atoms with E-state index >= 15 is 0 Å². The van der Waals surface area contributed by atoms with Crippen molar-refractivity contribution in [2.24, 2.45) is 16.5 Å². The third-order valence-electron chi connectivity index (χ3n) is 10.5. The number of aryl methyl sites for hydroxylation is 1. The molecule has 4 aliphatic rings. The summed E-state index contributed by atoms with van der Waals surface area (Å²) >= 11 is 0. The van der Waals surface area contributed by atoms with Crippen molar-refractivity contribution in [1.82, 2.24) is 30.2 Å². The zero-order valence-electron chi connectivity index (χ0n) is 30.6. The van der Waals surface area contributed by atoms with E-state index in [1.807, 2.05) is 53.3 Å². The van der Waals surface area contributed by atoms with Gasteiger partial charge in [-0.25, -0.2) is 22.2 Å². The van der Waals surface area contributed by atoms with Crippen molar-refractivity contribution in [3.8, 4) is 11.1 Å². The van der Waals surface area contributed by atoms with Crippen molar-refractivity contribution in [3.63, 3.8) is 0 Å². The molecule has 17 heteroatoms. The van der Waals surface area contributed by atoms with Gasteiger partial charge in [-0.1, -0.05) is 74.5 Å². The molecule has 3 N–H and O–H groups in total. The predicted octanol–water partition coefficient (Wildman–Crippen LogP) is 3.10. The van der Waals surface area contributed by atoms with Gasteiger partial charge in [0.05, 0.1) is 29.6 Å². The Labute approximate surface area is 316 Å². The highest BCUT2D eigenvalue weighted by atomic mass is 32.2. The molecule has 55 heavy (non-hydrogen) atoms. The number of hydrogen-bond donors (Lipinski definition) is 3. The van der Waals surface area contributed by atoms with Crippen LogP contribution < -0.4 is 15.4 Å². The van der Waals surface area contributed by atoms with Gasteiger partial charge in [-0.15, -0.1) is 0 Å². The normalized spacial score (nSPS) is 23.4. The number of benzene rings is 2. The Morgan fingerprint density at radius 1 is 0.964 bits per heavy atom. The first kappa shape index (κ1) is 38.0. The summed E-state index contributed by atoms with van der Waals surface area (Å²) in [5, 5.41) is 8.83. The lowest BCUT2D eigenvalue weighted by atomic mass is 9.85. The Morgan fingerprint density at radius 2 is 1.58 bits per heavy atom. The molecule has 1 aromatic heterocycles. The van der Waals surface area contributed by atoms with Gasteiger partial charge >= 0.3 is 0 Å². The number of amides is 4. The summed E-state index contributed by atoms with van der Waals surface area (Å²) in [6, 6.07) is 12.7. The van der Waals surface area contributed by atoms with E-state index < -0.39 is 86.8 Å². The SMILES string of the molecule is Cc1cnc(C(=O)N[C@H](C(=O)N2C[C@H](ON=C3c4ccccc4-c4ccccc43)C[C@H]2C(=O)N[C@@]2(C(=O)NS(=O)(=O)C3CC3)C[C@H]2C(F)F)C(C)(C)C)cn1. The zero-order chi connectivity index (χ0) is 39.4. The lowest BCUT2D eigenvalue weighted by Gasteiger charge is -2.35. The fourth-order valence-corrected chi connectivity index (χ4v) is 8.52. The number of fused-ring (bicyclic) bond motifs is 3. The average Bonchev–Trinajstić information content (AvgIpc) is 4.05. The number of halogens is 2. The number of nitrogens with zero attached hydrogens (tertiary/aromatic N) is 4. The third-order valence-corrected chi connectivity index (χ3v) is 12.3. The molecule has 14 nitrogen and oxygen atoms in total. The highest BCUT2D eigenvalue weighted by molar-refractivity contribution is 7.91. The van der Waals surface area contributed by atoms with Crippen LogP contribution in [-0.2, 0) is 29.2 Å². The van der Waals surface area contributed by atoms with E-state index in [9.17, 15) is 36.4 Å². The van der Waals surface area contributed by atoms with E-state index in [4.69, 9.17) is 4.84 Å². The molecule has 1 aliphatic heterocycles. The van der Waals surface area contributed by atoms with Crippen molar-refractivity contribution in [3.05, 3.63) is 83.4 Å². The predicted molar refractivity (Wildman–Crippen MR) is 195 cm³/mol. The van der Waals surface area contributed by atoms with Gasteiger partial charge < -0.3 is 20.4 Å². The minimum Gasteiger partial charge on any atom is -0.390 e. The Morgan fingerprint density at radius 3 is 2.11 bits per heavy atom. The second-order valence-electron chi connectivity index (χ2n) is 15.6. The number of hydrogen-bond acceptors (Lipinski definition) is 10. The van der Waals surface area contributed by atoms with Crippen LogP contribution >= 0.6 is 0 Å². The van der Waals surface area contributed by atoms with Crippen LogP contribution in [0.2, 0.25) is 0 Å². The highest BCUT2D eigenvalue weighted by Gasteiger charge is 2.67. The second kappa shape index (κ2) is 14.1. The molecular weight excluding hydrogens is 737 g/mol. The number of rotatable bonds is 11. The van der Waals surface area contributed by atoms with E-state index in [1.54, 1.807) is 27.7 Å². The molecule has 0 spiro atoms. The summed E-state index contributed by atoms with van der Waals surface area (Å²) in [6.07, 6.45) is -1.29. The van der Waals surface area contributed by atoms with Gasteiger partial charge in [-0.3, -0.25) is 28.9 Å². The molecule has 3 aliphatic carbocycles. The number of nitrogens with one attached hydrogen (secondary N) is 3. The largest absolute Gasteiger partial charge is 0.390 e. The summed E-state index contributed by atoms with van der Waals surface area (Å²) in [5.41, 5.74) is 1.48. The van der Waals surface area contributed by atoms with Gasteiger partial charge in [0.25, 0.3) is 11.8 Å². The standard InChI is InChI=1S/C38H41F2N7O7S/c1-20-17-42-28(18-41-20)33(48)43-31(37(2,3)4)35(50)47-19-21(54-45-30-25-11-7-5-9-23(25)24-10-6-8-12-26(24)30)15-29(47)34(49)44-38(16-27(38)32(39)40)36(51)46-55(52,53)22-13-14-22/h5-12,17-18,21-22,27,29,31-32H,13-16,19H2,1-4H3,(H,43,48)(H,44,49)(H,46,51)/t21-,27+,29+,31-,38+/m1/s1. The number of sulfonamides is 1. The maximum atomic E-state index is 14.5. The molecule has 0 bridgehead atoms. The molecule has 2 saturated carbocycles. The van der Waals surface area contributed by atoms with E-state index in [0.29, 0.717) is 24.2 Å². The van der Waals surface area contributed by atoms with Crippen LogP contribution in [-0.4, -0.2) is 94.6 Å². The van der Waals surface area contributed by atoms with Crippen LogP contribution in [0.4, 0.5) is 8.78 Å². The van der Waals surface area contributed by atoms with Crippen molar-refractivity contribution >= 4 is 39.4 Å². The van der Waals surface area contributed by atoms with Crippen LogP contribution in [0, 0.1) is 18.3 Å². The lowest BCUT2D eigenvalue weighted by molar-refractivity contribution is -0.143. The maximum absolute atomic E-state index is 14.5. The number of carbonyl (C=O) groups excluding carboxylic acids is 4. The molecule has 7 rings (SSSR count). The number of oxime groups is 1.